The molecule has 9 heteroatoms. The topological polar surface area (TPSA) is 68.2 Å². The summed E-state index contributed by atoms with van der Waals surface area (Å²) in [7, 11) is 1.55. The predicted octanol–water partition coefficient (Wildman–Crippen LogP) is 3.96. The third-order valence-electron chi connectivity index (χ3n) is 3.54. The van der Waals surface area contributed by atoms with Gasteiger partial charge in [0.15, 0.2) is 0 Å². The van der Waals surface area contributed by atoms with Gasteiger partial charge in [-0.25, -0.2) is 15.0 Å². The molecular formula is C18H13F3N4O2. The fourth-order valence-electron chi connectivity index (χ4n) is 2.14. The van der Waals surface area contributed by atoms with Crippen LogP contribution < -0.4 is 9.64 Å². The number of hydrogen-bond acceptors (Lipinski definition) is 5. The van der Waals surface area contributed by atoms with Gasteiger partial charge in [0.1, 0.15) is 5.75 Å². The molecule has 0 bridgehead atoms. The van der Waals surface area contributed by atoms with Crippen LogP contribution in [0.15, 0.2) is 61.1 Å². The van der Waals surface area contributed by atoms with Gasteiger partial charge in [0.25, 0.3) is 5.91 Å². The number of pyridine rings is 1. The highest BCUT2D eigenvalue weighted by molar-refractivity contribution is 6.04. The molecule has 1 aromatic carbocycles. The summed E-state index contributed by atoms with van der Waals surface area (Å²) >= 11 is 0. The van der Waals surface area contributed by atoms with Gasteiger partial charge in [-0.15, -0.1) is 0 Å². The molecule has 27 heavy (non-hydrogen) atoms. The van der Waals surface area contributed by atoms with Crippen LogP contribution >= 0.6 is 0 Å². The van der Waals surface area contributed by atoms with E-state index in [1.807, 2.05) is 0 Å². The summed E-state index contributed by atoms with van der Waals surface area (Å²) in [5.74, 6) is 0.284. The highest BCUT2D eigenvalue weighted by atomic mass is 19.4. The maximum atomic E-state index is 12.5. The standard InChI is InChI=1S/C18H13F3N4O2/c1-25(17-22-9-2-10-23-17)16(26)12-3-6-14(7-4-12)27-15-8-5-13(11-24-15)18(19,20)21/h2-11H,1H3. The van der Waals surface area contributed by atoms with Crippen molar-refractivity contribution in [3.05, 3.63) is 72.2 Å². The van der Waals surface area contributed by atoms with Crippen LogP contribution in [0.3, 0.4) is 0 Å². The van der Waals surface area contributed by atoms with Crippen LogP contribution in [0.25, 0.3) is 0 Å². The van der Waals surface area contributed by atoms with Gasteiger partial charge in [-0.3, -0.25) is 9.69 Å². The number of rotatable bonds is 4. The van der Waals surface area contributed by atoms with Crippen LogP contribution in [0.5, 0.6) is 11.6 Å². The van der Waals surface area contributed by atoms with Gasteiger partial charge in [-0.2, -0.15) is 13.2 Å². The maximum Gasteiger partial charge on any atom is 0.417 e. The van der Waals surface area contributed by atoms with Gasteiger partial charge in [0, 0.05) is 37.3 Å². The maximum absolute atomic E-state index is 12.5. The number of carbonyl (C=O) groups is 1. The molecule has 0 radical (unpaired) electrons. The smallest absolute Gasteiger partial charge is 0.417 e. The first-order valence-electron chi connectivity index (χ1n) is 7.71. The molecule has 0 saturated carbocycles. The summed E-state index contributed by atoms with van der Waals surface area (Å²) in [5, 5.41) is 0. The van der Waals surface area contributed by atoms with E-state index >= 15 is 0 Å². The highest BCUT2D eigenvalue weighted by Gasteiger charge is 2.30. The monoisotopic (exact) mass is 374 g/mol. The Morgan fingerprint density at radius 2 is 1.67 bits per heavy atom. The fourth-order valence-corrected chi connectivity index (χ4v) is 2.14. The molecule has 0 aliphatic heterocycles. The Labute approximate surface area is 152 Å². The third-order valence-corrected chi connectivity index (χ3v) is 3.54. The van der Waals surface area contributed by atoms with Crippen molar-refractivity contribution < 1.29 is 22.7 Å². The number of aromatic nitrogens is 3. The van der Waals surface area contributed by atoms with Crippen molar-refractivity contribution in [3.63, 3.8) is 0 Å². The van der Waals surface area contributed by atoms with Crippen LogP contribution in [-0.2, 0) is 6.18 Å². The molecule has 0 unspecified atom stereocenters. The number of halogens is 3. The van der Waals surface area contributed by atoms with Gasteiger partial charge >= 0.3 is 6.18 Å². The molecule has 3 rings (SSSR count). The quantitative estimate of drug-likeness (QED) is 0.692. The first-order valence-corrected chi connectivity index (χ1v) is 7.71. The molecule has 0 saturated heterocycles. The van der Waals surface area contributed by atoms with Crippen molar-refractivity contribution in [1.29, 1.82) is 0 Å². The van der Waals surface area contributed by atoms with Gasteiger partial charge in [0.05, 0.1) is 5.56 Å². The van der Waals surface area contributed by atoms with Gasteiger partial charge in [0.2, 0.25) is 11.8 Å². The number of amides is 1. The van der Waals surface area contributed by atoms with Crippen molar-refractivity contribution in [2.24, 2.45) is 0 Å². The Balaban J connectivity index is 1.69. The van der Waals surface area contributed by atoms with Crippen molar-refractivity contribution in [2.75, 3.05) is 11.9 Å². The molecule has 0 atom stereocenters. The van der Waals surface area contributed by atoms with Crippen LogP contribution in [-0.4, -0.2) is 27.9 Å². The average Bonchev–Trinajstić information content (AvgIpc) is 2.68. The van der Waals surface area contributed by atoms with Crippen LogP contribution in [0.2, 0.25) is 0 Å². The van der Waals surface area contributed by atoms with Crippen LogP contribution in [0.1, 0.15) is 15.9 Å². The lowest BCUT2D eigenvalue weighted by molar-refractivity contribution is -0.137. The molecule has 3 aromatic rings. The number of ether oxygens (including phenoxy) is 1. The molecule has 0 aliphatic carbocycles. The molecule has 0 N–H and O–H groups in total. The van der Waals surface area contributed by atoms with E-state index in [2.05, 4.69) is 15.0 Å². The van der Waals surface area contributed by atoms with E-state index in [0.717, 1.165) is 12.1 Å². The lowest BCUT2D eigenvalue weighted by Crippen LogP contribution is -2.27. The first kappa shape index (κ1) is 18.3. The number of alkyl halides is 3. The minimum atomic E-state index is -4.46. The van der Waals surface area contributed by atoms with Gasteiger partial charge in [-0.1, -0.05) is 0 Å². The van der Waals surface area contributed by atoms with E-state index in [-0.39, 0.29) is 17.7 Å². The second kappa shape index (κ2) is 7.40. The van der Waals surface area contributed by atoms with Crippen molar-refractivity contribution in [3.8, 4) is 11.6 Å². The Morgan fingerprint density at radius 1 is 1.00 bits per heavy atom. The summed E-state index contributed by atoms with van der Waals surface area (Å²) in [6.45, 7) is 0. The molecular weight excluding hydrogens is 361 g/mol. The Morgan fingerprint density at radius 3 is 2.22 bits per heavy atom. The Kier molecular flexibility index (Phi) is 5.02. The molecule has 2 aromatic heterocycles. The van der Waals surface area contributed by atoms with Crippen molar-refractivity contribution >= 4 is 11.9 Å². The van der Waals surface area contributed by atoms with Crippen LogP contribution in [0.4, 0.5) is 19.1 Å². The zero-order valence-electron chi connectivity index (χ0n) is 14.0. The zero-order valence-corrected chi connectivity index (χ0v) is 14.0. The predicted molar refractivity (Wildman–Crippen MR) is 90.5 cm³/mol. The molecule has 0 spiro atoms. The Hall–Kier alpha value is -3.49. The van der Waals surface area contributed by atoms with Crippen LogP contribution in [0, 0.1) is 0 Å². The highest BCUT2D eigenvalue weighted by Crippen LogP contribution is 2.30. The zero-order chi connectivity index (χ0) is 19.4. The molecule has 0 fully saturated rings. The van der Waals surface area contributed by atoms with E-state index in [1.165, 1.54) is 41.6 Å². The largest absolute Gasteiger partial charge is 0.439 e. The average molecular weight is 374 g/mol. The number of anilines is 1. The van der Waals surface area contributed by atoms with Gasteiger partial charge in [-0.05, 0) is 36.4 Å². The molecule has 138 valence electrons. The summed E-state index contributed by atoms with van der Waals surface area (Å²) in [4.78, 5) is 25.4. The minimum absolute atomic E-state index is 0.0110. The van der Waals surface area contributed by atoms with Gasteiger partial charge < -0.3 is 4.74 Å². The first-order chi connectivity index (χ1) is 12.8. The van der Waals surface area contributed by atoms with Crippen molar-refractivity contribution in [2.45, 2.75) is 6.18 Å². The normalized spacial score (nSPS) is 11.1. The summed E-state index contributed by atoms with van der Waals surface area (Å²) in [5.41, 5.74) is -0.486. The third kappa shape index (κ3) is 4.38. The molecule has 6 nitrogen and oxygen atoms in total. The summed E-state index contributed by atoms with van der Waals surface area (Å²) < 4.78 is 43.0. The summed E-state index contributed by atoms with van der Waals surface area (Å²) in [6.07, 6.45) is -0.704. The SMILES string of the molecule is CN(C(=O)c1ccc(Oc2ccc(C(F)(F)F)cn2)cc1)c1ncccn1. The lowest BCUT2D eigenvalue weighted by Gasteiger charge is -2.15. The van der Waals surface area contributed by atoms with Crippen molar-refractivity contribution in [1.82, 2.24) is 15.0 Å². The molecule has 0 aliphatic rings. The van der Waals surface area contributed by atoms with E-state index in [4.69, 9.17) is 4.74 Å². The number of hydrogen-bond donors (Lipinski definition) is 0. The van der Waals surface area contributed by atoms with E-state index in [9.17, 15) is 18.0 Å². The minimum Gasteiger partial charge on any atom is -0.439 e. The summed E-state index contributed by atoms with van der Waals surface area (Å²) in [6, 6.07) is 9.75. The lowest BCUT2D eigenvalue weighted by atomic mass is 10.2. The van der Waals surface area contributed by atoms with E-state index in [0.29, 0.717) is 17.5 Å². The number of benzene rings is 1. The second-order valence-electron chi connectivity index (χ2n) is 5.42. The van der Waals surface area contributed by atoms with E-state index in [1.54, 1.807) is 13.1 Å². The van der Waals surface area contributed by atoms with E-state index < -0.39 is 11.7 Å². The number of carbonyl (C=O) groups excluding carboxylic acids is 1. The molecule has 2 heterocycles. The fraction of sp³-hybridized carbons (Fsp3) is 0.111. The second-order valence-corrected chi connectivity index (χ2v) is 5.42. The molecule has 1 amide bonds. The number of nitrogens with zero attached hydrogens (tertiary/aromatic N) is 4. The Bertz CT molecular complexity index is 914.